The van der Waals surface area contributed by atoms with Crippen LogP contribution >= 0.6 is 27.5 Å². The molecule has 1 saturated heterocycles. The normalized spacial score (nSPS) is 14.5. The lowest BCUT2D eigenvalue weighted by molar-refractivity contribution is -0.117. The van der Waals surface area contributed by atoms with Crippen molar-refractivity contribution < 1.29 is 13.9 Å². The summed E-state index contributed by atoms with van der Waals surface area (Å²) in [5, 5.41) is 6.31. The second kappa shape index (κ2) is 11.7. The Kier molecular flexibility index (Phi) is 8.48. The number of likely N-dealkylation sites (tertiary alicyclic amines) is 1. The van der Waals surface area contributed by atoms with Gasteiger partial charge in [0.1, 0.15) is 22.7 Å². The van der Waals surface area contributed by atoms with Crippen molar-refractivity contribution in [2.45, 2.75) is 25.4 Å². The molecule has 0 bridgehead atoms. The Bertz CT molecular complexity index is 1190. The minimum Gasteiger partial charge on any atom is -0.471 e. The first-order valence-corrected chi connectivity index (χ1v) is 12.3. The van der Waals surface area contributed by atoms with Crippen LogP contribution in [0, 0.1) is 5.82 Å². The Hall–Kier alpha value is -2.82. The summed E-state index contributed by atoms with van der Waals surface area (Å²) >= 11 is 9.15. The maximum Gasteiger partial charge on any atom is 0.238 e. The number of carbonyl (C=O) groups excluding carboxylic acids is 1. The van der Waals surface area contributed by atoms with E-state index in [4.69, 9.17) is 16.3 Å². The number of aromatic nitrogens is 3. The fraction of sp³-hybridized carbons (Fsp3) is 0.333. The van der Waals surface area contributed by atoms with Crippen LogP contribution in [0.5, 0.6) is 5.88 Å². The van der Waals surface area contributed by atoms with E-state index in [0.29, 0.717) is 26.8 Å². The predicted molar refractivity (Wildman–Crippen MR) is 136 cm³/mol. The van der Waals surface area contributed by atoms with Gasteiger partial charge in [0.25, 0.3) is 0 Å². The highest BCUT2D eigenvalue weighted by molar-refractivity contribution is 9.10. The van der Waals surface area contributed by atoms with Gasteiger partial charge >= 0.3 is 0 Å². The van der Waals surface area contributed by atoms with Crippen LogP contribution in [0.25, 0.3) is 0 Å². The summed E-state index contributed by atoms with van der Waals surface area (Å²) in [5.74, 6) is 0.0212. The van der Waals surface area contributed by atoms with E-state index in [1.807, 2.05) is 6.07 Å². The molecule has 3 aromatic rings. The lowest BCUT2D eigenvalue weighted by Crippen LogP contribution is -2.39. The van der Waals surface area contributed by atoms with Gasteiger partial charge in [0, 0.05) is 35.9 Å². The zero-order valence-corrected chi connectivity index (χ0v) is 21.4. The Labute approximate surface area is 216 Å². The summed E-state index contributed by atoms with van der Waals surface area (Å²) in [6.07, 6.45) is 6.42. The van der Waals surface area contributed by atoms with Crippen LogP contribution in [0.15, 0.2) is 47.5 Å². The molecule has 4 rings (SSSR count). The van der Waals surface area contributed by atoms with Gasteiger partial charge < -0.3 is 15.4 Å². The fourth-order valence-electron chi connectivity index (χ4n) is 4.01. The monoisotopic (exact) mass is 562 g/mol. The molecule has 0 atom stereocenters. The Morgan fingerprint density at radius 1 is 1.20 bits per heavy atom. The number of pyridine rings is 1. The summed E-state index contributed by atoms with van der Waals surface area (Å²) in [6.45, 7) is 1.79. The Morgan fingerprint density at radius 2 is 1.97 bits per heavy atom. The van der Waals surface area contributed by atoms with E-state index in [-0.39, 0.29) is 25.0 Å². The third kappa shape index (κ3) is 6.65. The van der Waals surface area contributed by atoms with Crippen LogP contribution in [0.3, 0.4) is 0 Å². The van der Waals surface area contributed by atoms with E-state index < -0.39 is 5.82 Å². The van der Waals surface area contributed by atoms with E-state index in [2.05, 4.69) is 46.4 Å². The van der Waals surface area contributed by atoms with Crippen molar-refractivity contribution in [2.75, 3.05) is 37.3 Å². The largest absolute Gasteiger partial charge is 0.471 e. The number of piperidine rings is 1. The van der Waals surface area contributed by atoms with Gasteiger partial charge in [0.2, 0.25) is 11.8 Å². The minimum atomic E-state index is -0.421. The fourth-order valence-corrected chi connectivity index (χ4v) is 4.50. The lowest BCUT2D eigenvalue weighted by atomic mass is 9.93. The molecule has 0 unspecified atom stereocenters. The third-order valence-electron chi connectivity index (χ3n) is 5.83. The molecule has 1 aromatic carbocycles. The standard InChI is InChI=1S/C24H25BrClFN6O2/c1-28-19-11-21(25)31-12-20(19)32-22(34)13-33-8-4-15(5-9-33)23-24(30-7-6-29-23)35-14-16-2-3-17(26)10-18(16)27/h2-3,6-7,10-12,15H,4-5,8-9,13-14H2,1H3,(H,28,31)(H,32,34). The number of benzene rings is 1. The number of halogens is 3. The smallest absolute Gasteiger partial charge is 0.238 e. The molecule has 0 radical (unpaired) electrons. The summed E-state index contributed by atoms with van der Waals surface area (Å²) in [7, 11) is 1.79. The summed E-state index contributed by atoms with van der Waals surface area (Å²) in [6, 6.07) is 6.29. The van der Waals surface area contributed by atoms with E-state index in [0.717, 1.165) is 37.3 Å². The number of ether oxygens (including phenoxy) is 1. The van der Waals surface area contributed by atoms with Crippen molar-refractivity contribution in [3.8, 4) is 5.88 Å². The molecule has 184 valence electrons. The van der Waals surface area contributed by atoms with Crippen LogP contribution in [-0.2, 0) is 11.4 Å². The lowest BCUT2D eigenvalue weighted by Gasteiger charge is -2.31. The van der Waals surface area contributed by atoms with E-state index >= 15 is 0 Å². The van der Waals surface area contributed by atoms with Crippen molar-refractivity contribution in [2.24, 2.45) is 0 Å². The predicted octanol–water partition coefficient (Wildman–Crippen LogP) is 4.87. The number of anilines is 2. The van der Waals surface area contributed by atoms with Crippen LogP contribution in [0.1, 0.15) is 30.0 Å². The molecule has 1 aliphatic rings. The summed E-state index contributed by atoms with van der Waals surface area (Å²) in [5.41, 5.74) is 2.57. The van der Waals surface area contributed by atoms with Crippen molar-refractivity contribution in [3.63, 3.8) is 0 Å². The topological polar surface area (TPSA) is 92.3 Å². The number of carbonyl (C=O) groups is 1. The Morgan fingerprint density at radius 3 is 2.71 bits per heavy atom. The quantitative estimate of drug-likeness (QED) is 0.378. The summed E-state index contributed by atoms with van der Waals surface area (Å²) < 4.78 is 20.6. The zero-order valence-electron chi connectivity index (χ0n) is 19.1. The average Bonchev–Trinajstić information content (AvgIpc) is 2.85. The number of nitrogens with one attached hydrogen (secondary N) is 2. The molecule has 2 aromatic heterocycles. The molecule has 1 aliphatic heterocycles. The molecule has 2 N–H and O–H groups in total. The van der Waals surface area contributed by atoms with Crippen LogP contribution in [0.2, 0.25) is 5.02 Å². The van der Waals surface area contributed by atoms with Gasteiger partial charge in [-0.25, -0.2) is 14.4 Å². The van der Waals surface area contributed by atoms with Crippen LogP contribution < -0.4 is 15.4 Å². The van der Waals surface area contributed by atoms with Crippen molar-refractivity contribution in [1.29, 1.82) is 0 Å². The number of amides is 1. The number of rotatable bonds is 8. The van der Waals surface area contributed by atoms with Gasteiger partial charge in [-0.1, -0.05) is 17.7 Å². The number of nitrogens with zero attached hydrogens (tertiary/aromatic N) is 4. The molecule has 1 fully saturated rings. The first-order valence-electron chi connectivity index (χ1n) is 11.2. The van der Waals surface area contributed by atoms with Crippen molar-refractivity contribution >= 4 is 44.8 Å². The van der Waals surface area contributed by atoms with E-state index in [9.17, 15) is 9.18 Å². The number of hydrogen-bond acceptors (Lipinski definition) is 7. The molecule has 0 saturated carbocycles. The van der Waals surface area contributed by atoms with Crippen molar-refractivity contribution in [3.05, 3.63) is 69.6 Å². The average molecular weight is 564 g/mol. The molecule has 1 amide bonds. The minimum absolute atomic E-state index is 0.0350. The SMILES string of the molecule is CNc1cc(Br)ncc1NC(=O)CN1CCC(c2nccnc2OCc2ccc(Cl)cc2F)CC1. The number of hydrogen-bond donors (Lipinski definition) is 2. The molecule has 8 nitrogen and oxygen atoms in total. The van der Waals surface area contributed by atoms with Gasteiger partial charge in [0.15, 0.2) is 0 Å². The van der Waals surface area contributed by atoms with Gasteiger partial charge in [-0.05, 0) is 60.1 Å². The highest BCUT2D eigenvalue weighted by atomic mass is 79.9. The van der Waals surface area contributed by atoms with Gasteiger partial charge in [-0.2, -0.15) is 0 Å². The second-order valence-electron chi connectivity index (χ2n) is 8.17. The Balaban J connectivity index is 1.32. The molecular weight excluding hydrogens is 539 g/mol. The molecule has 0 aliphatic carbocycles. The maximum absolute atomic E-state index is 14.1. The van der Waals surface area contributed by atoms with Crippen LogP contribution in [0.4, 0.5) is 15.8 Å². The third-order valence-corrected chi connectivity index (χ3v) is 6.49. The summed E-state index contributed by atoms with van der Waals surface area (Å²) in [4.78, 5) is 27.7. The first kappa shape index (κ1) is 25.3. The molecule has 35 heavy (non-hydrogen) atoms. The van der Waals surface area contributed by atoms with Gasteiger partial charge in [0.05, 0.1) is 24.1 Å². The van der Waals surface area contributed by atoms with Gasteiger partial charge in [-0.15, -0.1) is 0 Å². The first-order chi connectivity index (χ1) is 16.9. The van der Waals surface area contributed by atoms with E-state index in [1.54, 1.807) is 37.8 Å². The molecule has 0 spiro atoms. The van der Waals surface area contributed by atoms with Gasteiger partial charge in [-0.3, -0.25) is 14.7 Å². The van der Waals surface area contributed by atoms with Crippen LogP contribution in [-0.4, -0.2) is 52.4 Å². The maximum atomic E-state index is 14.1. The molecule has 3 heterocycles. The molecule has 11 heteroatoms. The zero-order chi connectivity index (χ0) is 24.8. The highest BCUT2D eigenvalue weighted by Gasteiger charge is 2.26. The van der Waals surface area contributed by atoms with E-state index in [1.165, 1.54) is 6.07 Å². The van der Waals surface area contributed by atoms with Crippen molar-refractivity contribution in [1.82, 2.24) is 19.9 Å². The second-order valence-corrected chi connectivity index (χ2v) is 9.42. The molecular formula is C24H25BrClFN6O2. The highest BCUT2D eigenvalue weighted by Crippen LogP contribution is 2.32.